The van der Waals surface area contributed by atoms with Gasteiger partial charge < -0.3 is 5.73 Å². The van der Waals surface area contributed by atoms with Crippen LogP contribution in [0.3, 0.4) is 0 Å². The van der Waals surface area contributed by atoms with Crippen LogP contribution in [0.15, 0.2) is 30.3 Å². The molecule has 0 amide bonds. The lowest BCUT2D eigenvalue weighted by Crippen LogP contribution is -2.23. The minimum absolute atomic E-state index is 0.0328. The Morgan fingerprint density at radius 2 is 1.88 bits per heavy atom. The maximum absolute atomic E-state index is 11.6. The van der Waals surface area contributed by atoms with Crippen molar-refractivity contribution >= 4 is 15.6 Å². The molecule has 1 aromatic rings. The summed E-state index contributed by atoms with van der Waals surface area (Å²) in [4.78, 5) is 11.6. The number of hydrogen-bond donors (Lipinski definition) is 1. The maximum Gasteiger partial charge on any atom is 0.155 e. The predicted octanol–water partition coefficient (Wildman–Crippen LogP) is 0.690. The number of nitrogens with two attached hydrogens (primary N) is 1. The van der Waals surface area contributed by atoms with Crippen LogP contribution >= 0.6 is 0 Å². The normalized spacial score (nSPS) is 13.4. The molecule has 5 heteroatoms. The van der Waals surface area contributed by atoms with Crippen LogP contribution in [0.4, 0.5) is 0 Å². The number of Topliss-reactive ketones (excluding diaryl/α,β-unsaturated/α-hetero) is 1. The highest BCUT2D eigenvalue weighted by Gasteiger charge is 2.16. The second-order valence-electron chi connectivity index (χ2n) is 3.73. The van der Waals surface area contributed by atoms with Crippen LogP contribution in [0.5, 0.6) is 0 Å². The summed E-state index contributed by atoms with van der Waals surface area (Å²) in [5.41, 5.74) is 6.43. The standard InChI is InChI=1S/C11H15NO3S/c1-16(14,15)8-7-10(13)11(12)9-5-3-2-4-6-9/h2-6,11H,7-8,12H2,1H3. The van der Waals surface area contributed by atoms with Gasteiger partial charge in [0.2, 0.25) is 0 Å². The molecular weight excluding hydrogens is 226 g/mol. The molecule has 1 rings (SSSR count). The summed E-state index contributed by atoms with van der Waals surface area (Å²) in [5.74, 6) is -0.400. The molecule has 2 N–H and O–H groups in total. The Labute approximate surface area is 95.4 Å². The third-order valence-corrected chi connectivity index (χ3v) is 3.17. The lowest BCUT2D eigenvalue weighted by molar-refractivity contribution is -0.120. The van der Waals surface area contributed by atoms with Crippen molar-refractivity contribution in [2.75, 3.05) is 12.0 Å². The van der Waals surface area contributed by atoms with E-state index in [4.69, 9.17) is 5.73 Å². The average molecular weight is 241 g/mol. The maximum atomic E-state index is 11.6. The van der Waals surface area contributed by atoms with Gasteiger partial charge in [-0.15, -0.1) is 0 Å². The van der Waals surface area contributed by atoms with E-state index in [1.54, 1.807) is 24.3 Å². The van der Waals surface area contributed by atoms with E-state index >= 15 is 0 Å². The predicted molar refractivity (Wildman–Crippen MR) is 62.7 cm³/mol. The first kappa shape index (κ1) is 12.9. The van der Waals surface area contributed by atoms with Gasteiger partial charge in [-0.2, -0.15) is 0 Å². The second kappa shape index (κ2) is 5.23. The summed E-state index contributed by atoms with van der Waals surface area (Å²) in [6.07, 6.45) is 1.07. The number of sulfone groups is 1. The Hall–Kier alpha value is -1.20. The van der Waals surface area contributed by atoms with Crippen LogP contribution in [0, 0.1) is 0 Å². The monoisotopic (exact) mass is 241 g/mol. The fourth-order valence-electron chi connectivity index (χ4n) is 1.29. The molecule has 0 radical (unpaired) electrons. The van der Waals surface area contributed by atoms with E-state index < -0.39 is 15.9 Å². The van der Waals surface area contributed by atoms with Gasteiger partial charge in [-0.25, -0.2) is 8.42 Å². The van der Waals surface area contributed by atoms with E-state index in [2.05, 4.69) is 0 Å². The van der Waals surface area contributed by atoms with E-state index in [0.29, 0.717) is 5.56 Å². The fourth-order valence-corrected chi connectivity index (χ4v) is 1.86. The number of carbonyl (C=O) groups is 1. The molecule has 0 aromatic heterocycles. The van der Waals surface area contributed by atoms with E-state index in [1.807, 2.05) is 6.07 Å². The Balaban J connectivity index is 2.62. The van der Waals surface area contributed by atoms with Gasteiger partial charge in [0.1, 0.15) is 9.84 Å². The summed E-state index contributed by atoms with van der Waals surface area (Å²) >= 11 is 0. The Kier molecular flexibility index (Phi) is 4.20. The molecule has 0 fully saturated rings. The highest BCUT2D eigenvalue weighted by molar-refractivity contribution is 7.90. The molecule has 88 valence electrons. The highest BCUT2D eigenvalue weighted by Crippen LogP contribution is 2.12. The van der Waals surface area contributed by atoms with Gasteiger partial charge in [-0.3, -0.25) is 4.79 Å². The van der Waals surface area contributed by atoms with Crippen molar-refractivity contribution < 1.29 is 13.2 Å². The van der Waals surface area contributed by atoms with Crippen molar-refractivity contribution in [2.45, 2.75) is 12.5 Å². The molecule has 0 aliphatic carbocycles. The minimum Gasteiger partial charge on any atom is -0.318 e. The molecule has 0 saturated carbocycles. The molecule has 1 aromatic carbocycles. The van der Waals surface area contributed by atoms with Crippen LogP contribution in [-0.2, 0) is 14.6 Å². The molecule has 0 aliphatic rings. The van der Waals surface area contributed by atoms with Gasteiger partial charge in [0.25, 0.3) is 0 Å². The zero-order chi connectivity index (χ0) is 12.2. The molecule has 0 heterocycles. The molecule has 16 heavy (non-hydrogen) atoms. The van der Waals surface area contributed by atoms with E-state index in [0.717, 1.165) is 6.26 Å². The van der Waals surface area contributed by atoms with Crippen molar-refractivity contribution in [1.82, 2.24) is 0 Å². The fraction of sp³-hybridized carbons (Fsp3) is 0.364. The first-order valence-electron chi connectivity index (χ1n) is 4.91. The quantitative estimate of drug-likeness (QED) is 0.822. The van der Waals surface area contributed by atoms with Crippen molar-refractivity contribution in [3.63, 3.8) is 0 Å². The molecule has 0 aliphatic heterocycles. The minimum atomic E-state index is -3.11. The molecule has 0 bridgehead atoms. The number of benzene rings is 1. The molecule has 0 saturated heterocycles. The number of ketones is 1. The first-order chi connectivity index (χ1) is 7.40. The zero-order valence-electron chi connectivity index (χ0n) is 9.09. The first-order valence-corrected chi connectivity index (χ1v) is 6.97. The SMILES string of the molecule is CS(=O)(=O)CCC(=O)C(N)c1ccccc1. The zero-order valence-corrected chi connectivity index (χ0v) is 9.91. The summed E-state index contributed by atoms with van der Waals surface area (Å²) < 4.78 is 21.8. The van der Waals surface area contributed by atoms with Gasteiger partial charge in [0.15, 0.2) is 5.78 Å². The molecule has 0 spiro atoms. The van der Waals surface area contributed by atoms with Gasteiger partial charge in [0, 0.05) is 12.7 Å². The van der Waals surface area contributed by atoms with E-state index in [-0.39, 0.29) is 18.0 Å². The van der Waals surface area contributed by atoms with Crippen molar-refractivity contribution in [3.05, 3.63) is 35.9 Å². The third-order valence-electron chi connectivity index (χ3n) is 2.22. The molecule has 1 unspecified atom stereocenters. The summed E-state index contributed by atoms with van der Waals surface area (Å²) in [5, 5.41) is 0. The van der Waals surface area contributed by atoms with Crippen LogP contribution in [0.1, 0.15) is 18.0 Å². The van der Waals surface area contributed by atoms with Gasteiger partial charge in [-0.05, 0) is 5.56 Å². The highest BCUT2D eigenvalue weighted by atomic mass is 32.2. The van der Waals surface area contributed by atoms with E-state index in [1.165, 1.54) is 0 Å². The number of hydrogen-bond acceptors (Lipinski definition) is 4. The molecular formula is C11H15NO3S. The summed E-state index contributed by atoms with van der Waals surface area (Å²) in [6, 6.07) is 8.18. The van der Waals surface area contributed by atoms with Crippen LogP contribution in [0.2, 0.25) is 0 Å². The summed E-state index contributed by atoms with van der Waals surface area (Å²) in [7, 11) is -3.11. The lowest BCUT2D eigenvalue weighted by atomic mass is 10.0. The van der Waals surface area contributed by atoms with Gasteiger partial charge >= 0.3 is 0 Å². The van der Waals surface area contributed by atoms with E-state index in [9.17, 15) is 13.2 Å². The smallest absolute Gasteiger partial charge is 0.155 e. The van der Waals surface area contributed by atoms with Crippen LogP contribution < -0.4 is 5.73 Å². The average Bonchev–Trinajstić information content (AvgIpc) is 2.25. The Morgan fingerprint density at radius 3 is 2.38 bits per heavy atom. The molecule has 1 atom stereocenters. The van der Waals surface area contributed by atoms with Crippen molar-refractivity contribution in [1.29, 1.82) is 0 Å². The van der Waals surface area contributed by atoms with Crippen molar-refractivity contribution in [3.8, 4) is 0 Å². The molecule has 4 nitrogen and oxygen atoms in total. The van der Waals surface area contributed by atoms with Gasteiger partial charge in [-0.1, -0.05) is 30.3 Å². The van der Waals surface area contributed by atoms with Crippen LogP contribution in [0.25, 0.3) is 0 Å². The third kappa shape index (κ3) is 4.12. The second-order valence-corrected chi connectivity index (χ2v) is 5.99. The largest absolute Gasteiger partial charge is 0.318 e. The van der Waals surface area contributed by atoms with Gasteiger partial charge in [0.05, 0.1) is 11.8 Å². The van der Waals surface area contributed by atoms with Crippen molar-refractivity contribution in [2.24, 2.45) is 5.73 Å². The topological polar surface area (TPSA) is 77.2 Å². The number of carbonyl (C=O) groups excluding carboxylic acids is 1. The van der Waals surface area contributed by atoms with Crippen LogP contribution in [-0.4, -0.2) is 26.2 Å². The Bertz CT molecular complexity index is 453. The lowest BCUT2D eigenvalue weighted by Gasteiger charge is -2.10. The number of rotatable bonds is 5. The summed E-state index contributed by atoms with van der Waals surface area (Å²) in [6.45, 7) is 0. The Morgan fingerprint density at radius 1 is 1.31 bits per heavy atom.